The molecule has 3 aromatic carbocycles. The molecule has 0 bridgehead atoms. The van der Waals surface area contributed by atoms with Gasteiger partial charge in [-0.25, -0.2) is 13.2 Å². The van der Waals surface area contributed by atoms with Crippen molar-refractivity contribution in [1.82, 2.24) is 0 Å². The van der Waals surface area contributed by atoms with Crippen LogP contribution in [0.5, 0.6) is 0 Å². The summed E-state index contributed by atoms with van der Waals surface area (Å²) in [6.45, 7) is -0.367. The zero-order valence-corrected chi connectivity index (χ0v) is 18.5. The molecule has 4 rings (SSSR count). The van der Waals surface area contributed by atoms with E-state index in [1.54, 1.807) is 36.4 Å². The van der Waals surface area contributed by atoms with Gasteiger partial charge in [-0.15, -0.1) is 0 Å². The largest absolute Gasteiger partial charge is 0.454 e. The van der Waals surface area contributed by atoms with E-state index in [2.05, 4.69) is 0 Å². The summed E-state index contributed by atoms with van der Waals surface area (Å²) >= 11 is 0. The zero-order valence-electron chi connectivity index (χ0n) is 17.7. The Balaban J connectivity index is 1.40. The topological polar surface area (TPSA) is 80.8 Å². The van der Waals surface area contributed by atoms with E-state index >= 15 is 0 Å². The first-order chi connectivity index (χ1) is 15.4. The zero-order chi connectivity index (χ0) is 22.7. The lowest BCUT2D eigenvalue weighted by atomic mass is 10.0. The van der Waals surface area contributed by atoms with Crippen LogP contribution < -0.4 is 4.31 Å². The second-order valence-corrected chi connectivity index (χ2v) is 9.64. The van der Waals surface area contributed by atoms with Crippen molar-refractivity contribution in [2.45, 2.75) is 24.2 Å². The van der Waals surface area contributed by atoms with Gasteiger partial charge in [0.05, 0.1) is 16.1 Å². The van der Waals surface area contributed by atoms with Gasteiger partial charge >= 0.3 is 5.97 Å². The number of fused-ring (bicyclic) bond motifs is 1. The molecule has 0 saturated heterocycles. The fourth-order valence-electron chi connectivity index (χ4n) is 3.74. The first kappa shape index (κ1) is 21.8. The van der Waals surface area contributed by atoms with Crippen molar-refractivity contribution < 1.29 is 22.7 Å². The molecule has 0 amide bonds. The maximum absolute atomic E-state index is 12.8. The molecule has 0 radical (unpaired) electrons. The molecule has 0 saturated carbocycles. The molecule has 0 atom stereocenters. The number of ketones is 1. The van der Waals surface area contributed by atoms with E-state index in [0.717, 1.165) is 19.3 Å². The number of Topliss-reactive ketones (excluding diaryl/α,β-unsaturated/α-hetero) is 1. The van der Waals surface area contributed by atoms with Crippen molar-refractivity contribution in [3.05, 3.63) is 95.1 Å². The van der Waals surface area contributed by atoms with Gasteiger partial charge in [-0.3, -0.25) is 9.10 Å². The summed E-state index contributed by atoms with van der Waals surface area (Å²) < 4.78 is 32.0. The van der Waals surface area contributed by atoms with Crippen molar-refractivity contribution in [1.29, 1.82) is 0 Å². The number of anilines is 1. The van der Waals surface area contributed by atoms with Gasteiger partial charge < -0.3 is 4.74 Å². The van der Waals surface area contributed by atoms with Crippen LogP contribution in [0.1, 0.15) is 38.3 Å². The third kappa shape index (κ3) is 4.43. The SMILES string of the molecule is CN(c1ccccc1)S(=O)(=O)c1ccc(C(=O)OCC(=O)c2ccc3c(c2)CCC3)cc1. The first-order valence-electron chi connectivity index (χ1n) is 10.3. The predicted molar refractivity (Wildman–Crippen MR) is 122 cm³/mol. The van der Waals surface area contributed by atoms with Crippen LogP contribution in [-0.2, 0) is 27.6 Å². The fourth-order valence-corrected chi connectivity index (χ4v) is 4.94. The van der Waals surface area contributed by atoms with E-state index in [0.29, 0.717) is 11.3 Å². The van der Waals surface area contributed by atoms with Crippen LogP contribution >= 0.6 is 0 Å². The molecular formula is C25H23NO5S. The van der Waals surface area contributed by atoms with Gasteiger partial charge in [0.25, 0.3) is 10.0 Å². The number of sulfonamides is 1. The number of hydrogen-bond acceptors (Lipinski definition) is 5. The number of carbonyl (C=O) groups excluding carboxylic acids is 2. The van der Waals surface area contributed by atoms with Gasteiger partial charge in [0, 0.05) is 12.6 Å². The number of ether oxygens (including phenoxy) is 1. The number of carbonyl (C=O) groups is 2. The highest BCUT2D eigenvalue weighted by molar-refractivity contribution is 7.92. The van der Waals surface area contributed by atoms with Crippen molar-refractivity contribution in [2.75, 3.05) is 18.0 Å². The molecule has 1 aliphatic rings. The predicted octanol–water partition coefficient (Wildman–Crippen LogP) is 4.04. The standard InChI is InChI=1S/C25H23NO5S/c1-26(22-8-3-2-4-9-22)32(29,30)23-14-12-19(13-15-23)25(28)31-17-24(27)21-11-10-18-6-5-7-20(18)16-21/h2-4,8-16H,5-7,17H2,1H3. The van der Waals surface area contributed by atoms with Crippen molar-refractivity contribution >= 4 is 27.5 Å². The van der Waals surface area contributed by atoms with Crippen LogP contribution in [0.3, 0.4) is 0 Å². The lowest BCUT2D eigenvalue weighted by Gasteiger charge is -2.19. The van der Waals surface area contributed by atoms with Gasteiger partial charge in [-0.05, 0) is 72.9 Å². The fraction of sp³-hybridized carbons (Fsp3) is 0.200. The molecule has 0 heterocycles. The van der Waals surface area contributed by atoms with Crippen LogP contribution in [0.25, 0.3) is 0 Å². The molecule has 7 heteroatoms. The second-order valence-electron chi connectivity index (χ2n) is 7.67. The van der Waals surface area contributed by atoms with Crippen LogP contribution in [0.4, 0.5) is 5.69 Å². The highest BCUT2D eigenvalue weighted by atomic mass is 32.2. The molecule has 0 N–H and O–H groups in total. The third-order valence-corrected chi connectivity index (χ3v) is 7.42. The quantitative estimate of drug-likeness (QED) is 0.402. The molecule has 164 valence electrons. The molecule has 32 heavy (non-hydrogen) atoms. The van der Waals surface area contributed by atoms with E-state index in [1.165, 1.54) is 46.7 Å². The van der Waals surface area contributed by atoms with Crippen molar-refractivity contribution in [3.63, 3.8) is 0 Å². The molecular weight excluding hydrogens is 426 g/mol. The maximum Gasteiger partial charge on any atom is 0.338 e. The number of nitrogens with zero attached hydrogens (tertiary/aromatic N) is 1. The lowest BCUT2D eigenvalue weighted by Crippen LogP contribution is -2.26. The molecule has 0 aliphatic heterocycles. The number of esters is 1. The van der Waals surface area contributed by atoms with Gasteiger partial charge in [0.1, 0.15) is 0 Å². The second kappa shape index (κ2) is 8.96. The minimum absolute atomic E-state index is 0.0506. The molecule has 0 spiro atoms. The third-order valence-electron chi connectivity index (χ3n) is 5.62. The Hall–Kier alpha value is -3.45. The van der Waals surface area contributed by atoms with E-state index in [1.807, 2.05) is 12.1 Å². The van der Waals surface area contributed by atoms with Gasteiger partial charge in [0.2, 0.25) is 0 Å². The Morgan fingerprint density at radius 1 is 0.875 bits per heavy atom. The molecule has 1 aliphatic carbocycles. The summed E-state index contributed by atoms with van der Waals surface area (Å²) in [6, 6.07) is 19.8. The van der Waals surface area contributed by atoms with E-state index in [4.69, 9.17) is 4.74 Å². The minimum atomic E-state index is -3.77. The first-order valence-corrected chi connectivity index (χ1v) is 11.8. The Morgan fingerprint density at radius 3 is 2.25 bits per heavy atom. The van der Waals surface area contributed by atoms with E-state index in [9.17, 15) is 18.0 Å². The number of para-hydroxylation sites is 1. The van der Waals surface area contributed by atoms with Gasteiger partial charge in [-0.2, -0.15) is 0 Å². The van der Waals surface area contributed by atoms with Crippen molar-refractivity contribution in [2.24, 2.45) is 0 Å². The average Bonchev–Trinajstić information content (AvgIpc) is 3.30. The number of aryl methyl sites for hydroxylation is 2. The van der Waals surface area contributed by atoms with Crippen LogP contribution in [-0.4, -0.2) is 33.8 Å². The molecule has 0 fully saturated rings. The normalized spacial score (nSPS) is 12.8. The Labute approximate surface area is 187 Å². The highest BCUT2D eigenvalue weighted by Gasteiger charge is 2.22. The van der Waals surface area contributed by atoms with Gasteiger partial charge in [0.15, 0.2) is 12.4 Å². The van der Waals surface area contributed by atoms with E-state index < -0.39 is 16.0 Å². The van der Waals surface area contributed by atoms with Gasteiger partial charge in [-0.1, -0.05) is 30.3 Å². The minimum Gasteiger partial charge on any atom is -0.454 e. The Kier molecular flexibility index (Phi) is 6.10. The summed E-state index contributed by atoms with van der Waals surface area (Å²) in [5.41, 5.74) is 3.68. The molecule has 0 unspecified atom stereocenters. The summed E-state index contributed by atoms with van der Waals surface area (Å²) in [6.07, 6.45) is 3.09. The van der Waals surface area contributed by atoms with Crippen LogP contribution in [0, 0.1) is 0 Å². The van der Waals surface area contributed by atoms with Crippen LogP contribution in [0.2, 0.25) is 0 Å². The maximum atomic E-state index is 12.8. The number of rotatable bonds is 7. The molecule has 0 aromatic heterocycles. The average molecular weight is 450 g/mol. The molecule has 6 nitrogen and oxygen atoms in total. The summed E-state index contributed by atoms with van der Waals surface area (Å²) in [5, 5.41) is 0. The number of hydrogen-bond donors (Lipinski definition) is 0. The Bertz CT molecular complexity index is 1250. The number of benzene rings is 3. The molecule has 3 aromatic rings. The van der Waals surface area contributed by atoms with E-state index in [-0.39, 0.29) is 22.8 Å². The Morgan fingerprint density at radius 2 is 1.53 bits per heavy atom. The lowest BCUT2D eigenvalue weighted by molar-refractivity contribution is 0.0474. The van der Waals surface area contributed by atoms with Crippen molar-refractivity contribution in [3.8, 4) is 0 Å². The summed E-state index contributed by atoms with van der Waals surface area (Å²) in [4.78, 5) is 24.8. The monoisotopic (exact) mass is 449 g/mol. The smallest absolute Gasteiger partial charge is 0.338 e. The summed E-state index contributed by atoms with van der Waals surface area (Å²) in [5.74, 6) is -0.948. The van der Waals surface area contributed by atoms with Crippen LogP contribution in [0.15, 0.2) is 77.7 Å². The highest BCUT2D eigenvalue weighted by Crippen LogP contribution is 2.24. The summed E-state index contributed by atoms with van der Waals surface area (Å²) in [7, 11) is -2.30.